The fourth-order valence-electron chi connectivity index (χ4n) is 3.41. The van der Waals surface area contributed by atoms with Crippen LogP contribution in [0.4, 0.5) is 17.1 Å². The monoisotopic (exact) mass is 543 g/mol. The van der Waals surface area contributed by atoms with E-state index in [0.29, 0.717) is 11.4 Å². The Labute approximate surface area is 220 Å². The zero-order valence-electron chi connectivity index (χ0n) is 18.5. The highest BCUT2D eigenvalue weighted by Gasteiger charge is 2.40. The van der Waals surface area contributed by atoms with Gasteiger partial charge in [0, 0.05) is 22.0 Å². The summed E-state index contributed by atoms with van der Waals surface area (Å²) in [4.78, 5) is 51.1. The minimum Gasteiger partial charge on any atom is -0.465 e. The Balaban J connectivity index is 1.54. The zero-order chi connectivity index (χ0) is 26.0. The normalized spacial score (nSPS) is 13.2. The Kier molecular flexibility index (Phi) is 7.30. The van der Waals surface area contributed by atoms with Crippen molar-refractivity contribution >= 4 is 75.6 Å². The summed E-state index contributed by atoms with van der Waals surface area (Å²) < 4.78 is 4.69. The lowest BCUT2D eigenvalue weighted by Gasteiger charge is -2.17. The van der Waals surface area contributed by atoms with Gasteiger partial charge in [-0.1, -0.05) is 46.9 Å². The summed E-state index contributed by atoms with van der Waals surface area (Å²) in [6.07, 6.45) is 0. The molecule has 0 saturated carbocycles. The second-order valence-corrected chi connectivity index (χ2v) is 8.68. The molecule has 3 aromatic rings. The molecule has 1 aliphatic heterocycles. The fraction of sp³-hybridized carbons (Fsp3) is 0.0400. The molecule has 2 N–H and O–H groups in total. The number of carbonyl (C=O) groups is 4. The highest BCUT2D eigenvalue weighted by molar-refractivity contribution is 6.54. The van der Waals surface area contributed by atoms with Gasteiger partial charge in [0.2, 0.25) is 0 Å². The van der Waals surface area contributed by atoms with Crippen LogP contribution in [0.3, 0.4) is 0 Å². The molecule has 0 unspecified atom stereocenters. The third-order valence-corrected chi connectivity index (χ3v) is 6.02. The van der Waals surface area contributed by atoms with Crippen molar-refractivity contribution in [2.75, 3.05) is 22.6 Å². The number of amides is 3. The van der Waals surface area contributed by atoms with Gasteiger partial charge in [-0.15, -0.1) is 0 Å². The van der Waals surface area contributed by atoms with Crippen molar-refractivity contribution in [2.24, 2.45) is 0 Å². The molecule has 1 aliphatic rings. The number of nitrogens with zero attached hydrogens (tertiary/aromatic N) is 1. The van der Waals surface area contributed by atoms with E-state index in [1.807, 2.05) is 0 Å². The first-order chi connectivity index (χ1) is 17.2. The predicted octanol–water partition coefficient (Wildman–Crippen LogP) is 5.47. The first kappa shape index (κ1) is 25.2. The van der Waals surface area contributed by atoms with Crippen LogP contribution in [-0.2, 0) is 14.3 Å². The van der Waals surface area contributed by atoms with E-state index < -0.39 is 23.7 Å². The molecule has 0 fully saturated rings. The lowest BCUT2D eigenvalue weighted by Crippen LogP contribution is -2.32. The topological polar surface area (TPSA) is 105 Å². The van der Waals surface area contributed by atoms with Gasteiger partial charge in [-0.2, -0.15) is 0 Å². The quantitative estimate of drug-likeness (QED) is 0.315. The molecule has 3 aromatic carbocycles. The van der Waals surface area contributed by atoms with Gasteiger partial charge in [0.05, 0.1) is 23.4 Å². The minimum absolute atomic E-state index is 0.0939. The Morgan fingerprint density at radius 1 is 0.833 bits per heavy atom. The maximum Gasteiger partial charge on any atom is 0.337 e. The van der Waals surface area contributed by atoms with Gasteiger partial charge in [0.15, 0.2) is 0 Å². The first-order valence-corrected chi connectivity index (χ1v) is 11.4. The van der Waals surface area contributed by atoms with Crippen LogP contribution in [0, 0.1) is 0 Å². The van der Waals surface area contributed by atoms with E-state index in [1.165, 1.54) is 37.4 Å². The average Bonchev–Trinajstić information content (AvgIpc) is 3.08. The zero-order valence-corrected chi connectivity index (χ0v) is 20.7. The van der Waals surface area contributed by atoms with E-state index in [2.05, 4.69) is 15.4 Å². The van der Waals surface area contributed by atoms with Crippen LogP contribution in [0.5, 0.6) is 0 Å². The molecule has 0 spiro atoms. The van der Waals surface area contributed by atoms with Gasteiger partial charge in [0.25, 0.3) is 17.7 Å². The van der Waals surface area contributed by atoms with Crippen LogP contribution in [-0.4, -0.2) is 30.8 Å². The van der Waals surface area contributed by atoms with E-state index in [9.17, 15) is 19.2 Å². The molecule has 8 nitrogen and oxygen atoms in total. The lowest BCUT2D eigenvalue weighted by molar-refractivity contribution is -0.120. The van der Waals surface area contributed by atoms with E-state index in [1.54, 1.807) is 36.4 Å². The molecular weight excluding hydrogens is 529 g/mol. The third kappa shape index (κ3) is 5.06. The number of ether oxygens (including phenoxy) is 1. The lowest BCUT2D eigenvalue weighted by atomic mass is 10.1. The summed E-state index contributed by atoms with van der Waals surface area (Å²) in [6, 6.07) is 16.8. The number of halogens is 3. The summed E-state index contributed by atoms with van der Waals surface area (Å²) in [6.45, 7) is 0. The van der Waals surface area contributed by atoms with Gasteiger partial charge in [0.1, 0.15) is 10.7 Å². The molecule has 1 heterocycles. The van der Waals surface area contributed by atoms with Crippen LogP contribution < -0.4 is 15.5 Å². The van der Waals surface area contributed by atoms with Crippen LogP contribution in [0.15, 0.2) is 77.5 Å². The van der Waals surface area contributed by atoms with Gasteiger partial charge in [-0.25, -0.2) is 9.69 Å². The van der Waals surface area contributed by atoms with E-state index in [0.717, 1.165) is 4.90 Å². The summed E-state index contributed by atoms with van der Waals surface area (Å²) in [5, 5.41) is 5.59. The van der Waals surface area contributed by atoms with Crippen molar-refractivity contribution in [3.63, 3.8) is 0 Å². The molecular formula is C25H16Cl3N3O5. The molecule has 36 heavy (non-hydrogen) atoms. The number of nitrogens with one attached hydrogen (secondary N) is 2. The van der Waals surface area contributed by atoms with Crippen molar-refractivity contribution in [1.29, 1.82) is 0 Å². The van der Waals surface area contributed by atoms with Gasteiger partial charge >= 0.3 is 5.97 Å². The molecule has 0 saturated heterocycles. The van der Waals surface area contributed by atoms with E-state index in [4.69, 9.17) is 34.8 Å². The van der Waals surface area contributed by atoms with Crippen molar-refractivity contribution < 1.29 is 23.9 Å². The number of benzene rings is 3. The Hall–Kier alpha value is -3.85. The third-order valence-electron chi connectivity index (χ3n) is 5.11. The number of imide groups is 1. The summed E-state index contributed by atoms with van der Waals surface area (Å²) >= 11 is 18.3. The van der Waals surface area contributed by atoms with E-state index in [-0.39, 0.29) is 37.6 Å². The number of rotatable bonds is 6. The first-order valence-electron chi connectivity index (χ1n) is 10.3. The van der Waals surface area contributed by atoms with Crippen LogP contribution >= 0.6 is 34.8 Å². The summed E-state index contributed by atoms with van der Waals surface area (Å²) in [7, 11) is 1.26. The number of hydrogen-bond acceptors (Lipinski definition) is 6. The molecule has 0 bridgehead atoms. The van der Waals surface area contributed by atoms with Gasteiger partial charge < -0.3 is 15.4 Å². The van der Waals surface area contributed by atoms with Crippen molar-refractivity contribution in [2.45, 2.75) is 0 Å². The fourth-order valence-corrected chi connectivity index (χ4v) is 4.00. The molecule has 182 valence electrons. The Bertz CT molecular complexity index is 1450. The van der Waals surface area contributed by atoms with Crippen LogP contribution in [0.25, 0.3) is 0 Å². The number of hydrogen-bond donors (Lipinski definition) is 2. The largest absolute Gasteiger partial charge is 0.465 e. The van der Waals surface area contributed by atoms with Gasteiger partial charge in [-0.05, 0) is 54.6 Å². The Morgan fingerprint density at radius 3 is 2.22 bits per heavy atom. The van der Waals surface area contributed by atoms with Gasteiger partial charge in [-0.3, -0.25) is 14.4 Å². The molecule has 0 aliphatic carbocycles. The SMILES string of the molecule is COC(=O)c1cccc(NC(=O)c2cccc(NC3=C(Cl)C(=O)N(c4cc(Cl)ccc4Cl)C3=O)c2)c1. The van der Waals surface area contributed by atoms with E-state index >= 15 is 0 Å². The molecule has 0 atom stereocenters. The molecule has 3 amide bonds. The second kappa shape index (κ2) is 10.4. The molecule has 11 heteroatoms. The number of carbonyl (C=O) groups excluding carboxylic acids is 4. The van der Waals surface area contributed by atoms with Crippen LogP contribution in [0.2, 0.25) is 10.0 Å². The van der Waals surface area contributed by atoms with Crippen LogP contribution in [0.1, 0.15) is 20.7 Å². The predicted molar refractivity (Wildman–Crippen MR) is 138 cm³/mol. The standard InChI is InChI=1S/C25H16Cl3N3O5/c1-36-25(35)14-5-3-7-17(11-14)30-22(32)13-4-2-6-16(10-13)29-21-20(28)23(33)31(24(21)34)19-12-15(26)8-9-18(19)27/h2-12,29H,1H3,(H,30,32). The molecule has 0 radical (unpaired) electrons. The minimum atomic E-state index is -0.771. The second-order valence-electron chi connectivity index (χ2n) is 7.46. The van der Waals surface area contributed by atoms with Crippen molar-refractivity contribution in [1.82, 2.24) is 0 Å². The number of methoxy groups -OCH3 is 1. The summed E-state index contributed by atoms with van der Waals surface area (Å²) in [5.74, 6) is -2.51. The highest BCUT2D eigenvalue weighted by atomic mass is 35.5. The Morgan fingerprint density at radius 2 is 1.50 bits per heavy atom. The number of anilines is 3. The highest BCUT2D eigenvalue weighted by Crippen LogP contribution is 2.35. The van der Waals surface area contributed by atoms with Crippen molar-refractivity contribution in [3.8, 4) is 0 Å². The average molecular weight is 545 g/mol. The number of esters is 1. The maximum absolute atomic E-state index is 13.0. The maximum atomic E-state index is 13.0. The van der Waals surface area contributed by atoms with Crippen molar-refractivity contribution in [3.05, 3.63) is 98.6 Å². The molecule has 4 rings (SSSR count). The molecule has 0 aromatic heterocycles. The smallest absolute Gasteiger partial charge is 0.337 e. The summed E-state index contributed by atoms with van der Waals surface area (Å²) in [5.41, 5.74) is 1.15.